The number of benzene rings is 8. The third-order valence-electron chi connectivity index (χ3n) is 12.8. The molecule has 8 aromatic rings. The second-order valence-electron chi connectivity index (χ2n) is 16.8. The fourth-order valence-corrected chi connectivity index (χ4v) is 9.64. The van der Waals surface area contributed by atoms with Crippen LogP contribution < -0.4 is 28.4 Å². The third kappa shape index (κ3) is 6.25. The van der Waals surface area contributed by atoms with Crippen LogP contribution in [-0.4, -0.2) is 36.3 Å². The second-order valence-corrected chi connectivity index (χ2v) is 16.8. The molecule has 0 radical (unpaired) electrons. The van der Waals surface area contributed by atoms with Gasteiger partial charge in [0, 0.05) is 56.6 Å². The number of carbonyl (C=O) groups is 4. The van der Waals surface area contributed by atoms with Gasteiger partial charge in [0.2, 0.25) is 0 Å². The Kier molecular flexibility index (Phi) is 9.58. The molecular weight excluding hydrogens is 857 g/mol. The van der Waals surface area contributed by atoms with Gasteiger partial charge in [-0.25, -0.2) is 0 Å². The molecule has 0 saturated heterocycles. The second kappa shape index (κ2) is 16.0. The lowest BCUT2D eigenvalue weighted by atomic mass is 9.83. The number of hydrogen-bond donors (Lipinski definition) is 0. The van der Waals surface area contributed by atoms with Crippen LogP contribution in [0, 0.1) is 0 Å². The topological polar surface area (TPSA) is 124 Å². The Morgan fingerprint density at radius 2 is 0.618 bits per heavy atom. The standard InChI is InChI=1S/C58H38O10/c59-51-39-27-13-15-29-41(39)53(61)49-47(51)43(33-45-55(49)67-57(65-45,35-19-5-1-6-20-35)36-21-7-2-8-22-36)63-31-17-18-32-64-44-34-46-56(50-48(44)52(60)40-28-14-16-30-42(40)54(50)62)68-58(66-46,37-23-9-3-10-24-37)38-25-11-4-12-26-38/h1-16,19-30,33-34H,17-18,31-32H2. The average Bonchev–Trinajstić information content (AvgIpc) is 3.99. The Bertz CT molecular complexity index is 3060. The van der Waals surface area contributed by atoms with E-state index in [1.54, 1.807) is 60.7 Å². The normalized spacial score (nSPS) is 15.2. The molecule has 0 unspecified atom stereocenters. The molecule has 10 heteroatoms. The highest BCUT2D eigenvalue weighted by molar-refractivity contribution is 6.31. The molecule has 12 rings (SSSR count). The van der Waals surface area contributed by atoms with E-state index in [4.69, 9.17) is 28.4 Å². The van der Waals surface area contributed by atoms with Crippen LogP contribution in [0.4, 0.5) is 0 Å². The number of unbranched alkanes of at least 4 members (excludes halogenated alkanes) is 1. The van der Waals surface area contributed by atoms with E-state index in [1.807, 2.05) is 121 Å². The molecule has 4 aliphatic rings. The van der Waals surface area contributed by atoms with Crippen molar-refractivity contribution in [3.05, 3.63) is 249 Å². The van der Waals surface area contributed by atoms with Crippen molar-refractivity contribution < 1.29 is 47.6 Å². The lowest BCUT2D eigenvalue weighted by Crippen LogP contribution is -2.37. The highest BCUT2D eigenvalue weighted by atomic mass is 16.7. The highest BCUT2D eigenvalue weighted by Crippen LogP contribution is 2.56. The van der Waals surface area contributed by atoms with Crippen molar-refractivity contribution in [2.45, 2.75) is 24.4 Å². The first-order chi connectivity index (χ1) is 33.4. The van der Waals surface area contributed by atoms with E-state index >= 15 is 0 Å². The largest absolute Gasteiger partial charge is 0.493 e. The van der Waals surface area contributed by atoms with Crippen LogP contribution in [0.15, 0.2) is 182 Å². The van der Waals surface area contributed by atoms with Gasteiger partial charge >= 0.3 is 11.6 Å². The number of ether oxygens (including phenoxy) is 6. The van der Waals surface area contributed by atoms with Gasteiger partial charge in [-0.1, -0.05) is 170 Å². The quantitative estimate of drug-likeness (QED) is 0.116. The number of hydrogen-bond acceptors (Lipinski definition) is 10. The molecule has 68 heavy (non-hydrogen) atoms. The van der Waals surface area contributed by atoms with Crippen molar-refractivity contribution in [3.63, 3.8) is 0 Å². The van der Waals surface area contributed by atoms with E-state index in [-0.39, 0.29) is 115 Å². The predicted molar refractivity (Wildman–Crippen MR) is 250 cm³/mol. The van der Waals surface area contributed by atoms with E-state index in [9.17, 15) is 19.2 Å². The zero-order valence-electron chi connectivity index (χ0n) is 36.2. The van der Waals surface area contributed by atoms with Crippen LogP contribution >= 0.6 is 0 Å². The summed E-state index contributed by atoms with van der Waals surface area (Å²) in [6.45, 7) is 0.254. The zero-order chi connectivity index (χ0) is 46.0. The molecule has 0 N–H and O–H groups in total. The molecule has 2 aliphatic heterocycles. The van der Waals surface area contributed by atoms with Gasteiger partial charge in [0.1, 0.15) is 11.5 Å². The molecule has 8 aromatic carbocycles. The van der Waals surface area contributed by atoms with E-state index in [2.05, 4.69) is 0 Å². The molecule has 0 saturated carbocycles. The Balaban J connectivity index is 0.843. The van der Waals surface area contributed by atoms with E-state index in [0.717, 1.165) is 0 Å². The summed E-state index contributed by atoms with van der Waals surface area (Å²) in [4.78, 5) is 57.6. The van der Waals surface area contributed by atoms with E-state index < -0.39 is 11.6 Å². The average molecular weight is 895 g/mol. The lowest BCUT2D eigenvalue weighted by Gasteiger charge is -2.28. The molecule has 0 spiro atoms. The summed E-state index contributed by atoms with van der Waals surface area (Å²) >= 11 is 0. The van der Waals surface area contributed by atoms with Crippen molar-refractivity contribution in [1.29, 1.82) is 0 Å². The monoisotopic (exact) mass is 894 g/mol. The van der Waals surface area contributed by atoms with Gasteiger partial charge in [0.25, 0.3) is 0 Å². The summed E-state index contributed by atoms with van der Waals surface area (Å²) in [7, 11) is 0. The van der Waals surface area contributed by atoms with Gasteiger partial charge in [-0.2, -0.15) is 0 Å². The molecule has 0 atom stereocenters. The molecule has 2 heterocycles. The van der Waals surface area contributed by atoms with Crippen molar-refractivity contribution in [2.75, 3.05) is 13.2 Å². The minimum absolute atomic E-state index is 0.0789. The van der Waals surface area contributed by atoms with Gasteiger partial charge in [0.05, 0.1) is 35.5 Å². The first-order valence-corrected chi connectivity index (χ1v) is 22.4. The van der Waals surface area contributed by atoms with Crippen molar-refractivity contribution in [2.24, 2.45) is 0 Å². The first-order valence-electron chi connectivity index (χ1n) is 22.4. The van der Waals surface area contributed by atoms with Gasteiger partial charge < -0.3 is 28.4 Å². The number of ketones is 4. The van der Waals surface area contributed by atoms with E-state index in [1.165, 1.54) is 0 Å². The summed E-state index contributed by atoms with van der Waals surface area (Å²) < 4.78 is 39.9. The Labute approximate surface area is 390 Å². The maximum Gasteiger partial charge on any atom is 0.305 e. The Morgan fingerprint density at radius 3 is 0.926 bits per heavy atom. The fraction of sp³-hybridized carbons (Fsp3) is 0.103. The van der Waals surface area contributed by atoms with Crippen LogP contribution in [0.2, 0.25) is 0 Å². The van der Waals surface area contributed by atoms with Crippen LogP contribution in [0.5, 0.6) is 34.5 Å². The van der Waals surface area contributed by atoms with Crippen LogP contribution in [0.25, 0.3) is 0 Å². The Morgan fingerprint density at radius 1 is 0.338 bits per heavy atom. The molecule has 330 valence electrons. The van der Waals surface area contributed by atoms with Gasteiger partial charge in [-0.3, -0.25) is 19.2 Å². The minimum Gasteiger partial charge on any atom is -0.493 e. The highest BCUT2D eigenvalue weighted by Gasteiger charge is 2.51. The summed E-state index contributed by atoms with van der Waals surface area (Å²) in [5.74, 6) is -3.20. The third-order valence-corrected chi connectivity index (χ3v) is 12.8. The molecule has 10 nitrogen and oxygen atoms in total. The maximum absolute atomic E-state index is 14.4. The summed E-state index contributed by atoms with van der Waals surface area (Å²) in [6, 6.07) is 54.5. The number of carbonyl (C=O) groups excluding carboxylic acids is 4. The van der Waals surface area contributed by atoms with Crippen molar-refractivity contribution in [1.82, 2.24) is 0 Å². The van der Waals surface area contributed by atoms with Crippen molar-refractivity contribution in [3.8, 4) is 34.5 Å². The Hall–Kier alpha value is -8.76. The summed E-state index contributed by atoms with van der Waals surface area (Å²) in [6.07, 6.45) is 0.876. The molecule has 0 aromatic heterocycles. The van der Waals surface area contributed by atoms with Gasteiger partial charge in [0.15, 0.2) is 46.1 Å². The number of rotatable bonds is 11. The smallest absolute Gasteiger partial charge is 0.305 e. The first kappa shape index (κ1) is 40.7. The van der Waals surface area contributed by atoms with Gasteiger partial charge in [-0.05, 0) is 12.8 Å². The predicted octanol–water partition coefficient (Wildman–Crippen LogP) is 10.8. The van der Waals surface area contributed by atoms with Crippen LogP contribution in [-0.2, 0) is 11.6 Å². The maximum atomic E-state index is 14.4. The molecule has 0 amide bonds. The molecule has 2 aliphatic carbocycles. The minimum atomic E-state index is -1.46. The SMILES string of the molecule is O=C1c2ccccc2C(=O)c2c3c(cc(OCCCCOc4cc5c(c6c4C(=O)c4ccccc4C6=O)OC(c4ccccc4)(c4ccccc4)O5)c21)OC(c1ccccc1)(c1ccccc1)O3. The summed E-state index contributed by atoms with van der Waals surface area (Å²) in [5.41, 5.74) is 4.20. The van der Waals surface area contributed by atoms with Crippen molar-refractivity contribution >= 4 is 23.1 Å². The zero-order valence-corrected chi connectivity index (χ0v) is 36.2. The summed E-state index contributed by atoms with van der Waals surface area (Å²) in [5, 5.41) is 0. The number of fused-ring (bicyclic) bond motifs is 8. The van der Waals surface area contributed by atoms with Gasteiger partial charge in [-0.15, -0.1) is 0 Å². The van der Waals surface area contributed by atoms with Crippen LogP contribution in [0.3, 0.4) is 0 Å². The molecular formula is C58H38O10. The molecule has 0 fully saturated rings. The van der Waals surface area contributed by atoms with E-state index in [0.29, 0.717) is 35.1 Å². The van der Waals surface area contributed by atoms with Crippen LogP contribution in [0.1, 0.15) is 98.8 Å². The lowest BCUT2D eigenvalue weighted by molar-refractivity contribution is -0.0464. The molecule has 0 bridgehead atoms. The fourth-order valence-electron chi connectivity index (χ4n) is 9.64.